The monoisotopic (exact) mass is 654 g/mol. The molecule has 0 aliphatic carbocycles. The third-order valence-corrected chi connectivity index (χ3v) is 10.2. The fourth-order valence-corrected chi connectivity index (χ4v) is 7.91. The fourth-order valence-electron chi connectivity index (χ4n) is 6.74. The van der Waals surface area contributed by atoms with Crippen molar-refractivity contribution in [3.8, 4) is 0 Å². The third-order valence-electron chi connectivity index (χ3n) is 9.07. The van der Waals surface area contributed by atoms with E-state index in [1.165, 1.54) is 55.2 Å². The van der Waals surface area contributed by atoms with Crippen molar-refractivity contribution in [2.24, 2.45) is 0 Å². The summed E-state index contributed by atoms with van der Waals surface area (Å²) in [7, 11) is 0. The number of anilines is 6. The molecule has 0 saturated heterocycles. The number of thiophene rings is 1. The van der Waals surface area contributed by atoms with Gasteiger partial charge in [-0.05, 0) is 143 Å². The first-order valence-electron chi connectivity index (χ1n) is 16.1. The van der Waals surface area contributed by atoms with Crippen molar-refractivity contribution in [1.82, 2.24) is 0 Å². The van der Waals surface area contributed by atoms with Gasteiger partial charge in [-0.3, -0.25) is 0 Å². The van der Waals surface area contributed by atoms with E-state index in [1.807, 2.05) is 72.0 Å². The zero-order chi connectivity index (χ0) is 32.9. The van der Waals surface area contributed by atoms with Gasteiger partial charge in [0.1, 0.15) is 11.6 Å². The predicted octanol–water partition coefficient (Wildman–Crippen LogP) is 13.6. The second-order valence-corrected chi connectivity index (χ2v) is 13.2. The highest BCUT2D eigenvalue weighted by Crippen LogP contribution is 2.42. The Bertz CT molecular complexity index is 2430. The summed E-state index contributed by atoms with van der Waals surface area (Å²) in [6.07, 6.45) is 0. The molecule has 1 heterocycles. The lowest BCUT2D eigenvalue weighted by atomic mass is 10.0. The van der Waals surface area contributed by atoms with E-state index in [2.05, 4.69) is 94.7 Å². The van der Waals surface area contributed by atoms with E-state index in [9.17, 15) is 8.78 Å². The van der Waals surface area contributed by atoms with Crippen LogP contribution in [0, 0.1) is 11.6 Å². The van der Waals surface area contributed by atoms with E-state index in [4.69, 9.17) is 0 Å². The molecule has 0 unspecified atom stereocenters. The smallest absolute Gasteiger partial charge is 0.123 e. The Kier molecular flexibility index (Phi) is 7.06. The lowest BCUT2D eigenvalue weighted by molar-refractivity contribution is 0.627. The van der Waals surface area contributed by atoms with Crippen molar-refractivity contribution in [2.45, 2.75) is 0 Å². The summed E-state index contributed by atoms with van der Waals surface area (Å²) < 4.78 is 30.3. The van der Waals surface area contributed by atoms with Gasteiger partial charge in [0.15, 0.2) is 0 Å². The lowest BCUT2D eigenvalue weighted by Crippen LogP contribution is -2.09. The molecule has 0 aliphatic heterocycles. The summed E-state index contributed by atoms with van der Waals surface area (Å²) in [6.45, 7) is 0. The number of para-hydroxylation sites is 2. The van der Waals surface area contributed by atoms with Crippen LogP contribution in [0.15, 0.2) is 170 Å². The van der Waals surface area contributed by atoms with Crippen molar-refractivity contribution in [3.63, 3.8) is 0 Å². The second-order valence-electron chi connectivity index (χ2n) is 12.2. The van der Waals surface area contributed by atoms with Crippen molar-refractivity contribution >= 4 is 87.2 Å². The van der Waals surface area contributed by atoms with Gasteiger partial charge < -0.3 is 9.80 Å². The third kappa shape index (κ3) is 5.35. The Morgan fingerprint density at radius 3 is 1.10 bits per heavy atom. The molecule has 234 valence electrons. The number of benzene rings is 8. The van der Waals surface area contributed by atoms with Gasteiger partial charge in [-0.2, -0.15) is 0 Å². The van der Waals surface area contributed by atoms with E-state index in [-0.39, 0.29) is 11.6 Å². The fraction of sp³-hybridized carbons (Fsp3) is 0. The molecule has 49 heavy (non-hydrogen) atoms. The first kappa shape index (κ1) is 29.1. The van der Waals surface area contributed by atoms with Crippen LogP contribution in [0.1, 0.15) is 0 Å². The molecule has 0 spiro atoms. The SMILES string of the molecule is Fc1ccc(N(c2ccccc2)c2ccc3cc4sc5cc6ccc(N(c7ccccc7)c7ccc(F)cc7)cc6cc5c4cc3c2)cc1. The minimum absolute atomic E-state index is 0.259. The van der Waals surface area contributed by atoms with Crippen LogP contribution in [0.2, 0.25) is 0 Å². The molecule has 0 N–H and O–H groups in total. The van der Waals surface area contributed by atoms with Crippen LogP contribution in [0.3, 0.4) is 0 Å². The average molecular weight is 655 g/mol. The van der Waals surface area contributed by atoms with Crippen LogP contribution in [0.4, 0.5) is 42.9 Å². The predicted molar refractivity (Wildman–Crippen MR) is 204 cm³/mol. The molecule has 0 radical (unpaired) electrons. The topological polar surface area (TPSA) is 6.48 Å². The van der Waals surface area contributed by atoms with Crippen LogP contribution in [0.25, 0.3) is 41.7 Å². The van der Waals surface area contributed by atoms with Gasteiger partial charge >= 0.3 is 0 Å². The van der Waals surface area contributed by atoms with Gasteiger partial charge in [0.2, 0.25) is 0 Å². The molecule has 0 fully saturated rings. The molecule has 0 saturated carbocycles. The number of hydrogen-bond acceptors (Lipinski definition) is 3. The molecule has 5 heteroatoms. The summed E-state index contributed by atoms with van der Waals surface area (Å²) in [6, 6.07) is 55.8. The van der Waals surface area contributed by atoms with Crippen LogP contribution in [-0.4, -0.2) is 0 Å². The Hall–Kier alpha value is -6.04. The maximum absolute atomic E-state index is 13.9. The highest BCUT2D eigenvalue weighted by atomic mass is 32.1. The highest BCUT2D eigenvalue weighted by Gasteiger charge is 2.16. The zero-order valence-corrected chi connectivity index (χ0v) is 27.0. The molecule has 0 bridgehead atoms. The van der Waals surface area contributed by atoms with Gasteiger partial charge in [0.05, 0.1) is 0 Å². The van der Waals surface area contributed by atoms with E-state index in [0.717, 1.165) is 44.9 Å². The minimum Gasteiger partial charge on any atom is -0.310 e. The Morgan fingerprint density at radius 2 is 0.694 bits per heavy atom. The summed E-state index contributed by atoms with van der Waals surface area (Å²) in [4.78, 5) is 4.31. The van der Waals surface area contributed by atoms with Crippen LogP contribution >= 0.6 is 11.3 Å². The van der Waals surface area contributed by atoms with E-state index in [1.54, 1.807) is 0 Å². The van der Waals surface area contributed by atoms with E-state index in [0.29, 0.717) is 0 Å². The largest absolute Gasteiger partial charge is 0.310 e. The van der Waals surface area contributed by atoms with Crippen molar-refractivity contribution < 1.29 is 8.78 Å². The lowest BCUT2D eigenvalue weighted by Gasteiger charge is -2.25. The Morgan fingerprint density at radius 1 is 0.327 bits per heavy atom. The second kappa shape index (κ2) is 11.9. The van der Waals surface area contributed by atoms with Gasteiger partial charge in [-0.25, -0.2) is 8.78 Å². The van der Waals surface area contributed by atoms with Crippen molar-refractivity contribution in [1.29, 1.82) is 0 Å². The standard InChI is InChI=1S/C44H28F2N2S/c45-33-13-19-37(20-14-33)47(35-7-3-1-4-8-35)39-17-11-29-27-43-41(25-31(29)23-39)42-26-32-24-40(18-12-30(32)28-44(42)49-43)48(36-9-5-2-6-10-36)38-21-15-34(46)16-22-38/h1-28H. The molecule has 0 aliphatic rings. The molecule has 8 aromatic carbocycles. The Balaban J connectivity index is 1.18. The van der Waals surface area contributed by atoms with Gasteiger partial charge in [0, 0.05) is 54.3 Å². The van der Waals surface area contributed by atoms with Crippen molar-refractivity contribution in [2.75, 3.05) is 9.80 Å². The first-order chi connectivity index (χ1) is 24.1. The summed E-state index contributed by atoms with van der Waals surface area (Å²) in [5, 5.41) is 7.02. The van der Waals surface area contributed by atoms with Crippen LogP contribution in [-0.2, 0) is 0 Å². The molecule has 0 atom stereocenters. The maximum Gasteiger partial charge on any atom is 0.123 e. The molecule has 0 amide bonds. The summed E-state index contributed by atoms with van der Waals surface area (Å²) in [5.74, 6) is -0.519. The first-order valence-corrected chi connectivity index (χ1v) is 16.9. The van der Waals surface area contributed by atoms with Crippen LogP contribution in [0.5, 0.6) is 0 Å². The summed E-state index contributed by atoms with van der Waals surface area (Å²) >= 11 is 1.81. The molecule has 9 aromatic rings. The molecule has 2 nitrogen and oxygen atoms in total. The maximum atomic E-state index is 13.9. The normalized spacial score (nSPS) is 11.5. The number of rotatable bonds is 6. The van der Waals surface area contributed by atoms with Gasteiger partial charge in [-0.1, -0.05) is 48.5 Å². The van der Waals surface area contributed by atoms with Crippen LogP contribution < -0.4 is 9.80 Å². The molecule has 1 aromatic heterocycles. The quantitative estimate of drug-likeness (QED) is 0.176. The number of hydrogen-bond donors (Lipinski definition) is 0. The van der Waals surface area contributed by atoms with E-state index < -0.39 is 0 Å². The molecular formula is C44H28F2N2S. The molecule has 9 rings (SSSR count). The minimum atomic E-state index is -0.259. The summed E-state index contributed by atoms with van der Waals surface area (Å²) in [5.41, 5.74) is 5.79. The Labute approximate surface area is 286 Å². The average Bonchev–Trinajstić information content (AvgIpc) is 3.48. The van der Waals surface area contributed by atoms with E-state index >= 15 is 0 Å². The zero-order valence-electron chi connectivity index (χ0n) is 26.2. The van der Waals surface area contributed by atoms with Gasteiger partial charge in [0.25, 0.3) is 0 Å². The van der Waals surface area contributed by atoms with Gasteiger partial charge in [-0.15, -0.1) is 11.3 Å². The number of nitrogens with zero attached hydrogens (tertiary/aromatic N) is 2. The molecular weight excluding hydrogens is 627 g/mol. The van der Waals surface area contributed by atoms with Crippen molar-refractivity contribution in [3.05, 3.63) is 181 Å². The number of fused-ring (bicyclic) bond motifs is 5. The number of halogens is 2. The highest BCUT2D eigenvalue weighted by molar-refractivity contribution is 7.26.